The molecule has 1 rings (SSSR count). The molecule has 1 aliphatic rings. The van der Waals surface area contributed by atoms with Gasteiger partial charge in [-0.15, -0.1) is 0 Å². The van der Waals surface area contributed by atoms with E-state index in [0.29, 0.717) is 5.92 Å². The molecule has 70 valence electrons. The molecular formula is C8H12F2O2. The normalized spacial score (nSPS) is 20.6. The van der Waals surface area contributed by atoms with Crippen molar-refractivity contribution in [2.45, 2.75) is 32.1 Å². The van der Waals surface area contributed by atoms with Crippen LogP contribution in [0.15, 0.2) is 0 Å². The van der Waals surface area contributed by atoms with Gasteiger partial charge in [0, 0.05) is 6.42 Å². The van der Waals surface area contributed by atoms with Gasteiger partial charge in [-0.05, 0) is 24.7 Å². The Morgan fingerprint density at radius 2 is 2.17 bits per heavy atom. The van der Waals surface area contributed by atoms with Crippen molar-refractivity contribution in [2.24, 2.45) is 11.8 Å². The fourth-order valence-corrected chi connectivity index (χ4v) is 1.32. The van der Waals surface area contributed by atoms with Gasteiger partial charge in [0.05, 0.1) is 0 Å². The number of hydrogen-bond acceptors (Lipinski definition) is 1. The fraction of sp³-hybridized carbons (Fsp3) is 0.875. The number of carboxylic acid groups (broad SMARTS) is 1. The highest BCUT2D eigenvalue weighted by Crippen LogP contribution is 2.41. The van der Waals surface area contributed by atoms with Crippen LogP contribution >= 0.6 is 0 Å². The molecule has 0 aromatic rings. The van der Waals surface area contributed by atoms with E-state index in [1.807, 2.05) is 0 Å². The summed E-state index contributed by atoms with van der Waals surface area (Å²) in [5.74, 6) is -5.39. The molecule has 0 amide bonds. The lowest BCUT2D eigenvalue weighted by Crippen LogP contribution is -2.30. The molecule has 0 spiro atoms. The average molecular weight is 178 g/mol. The molecule has 0 aromatic heterocycles. The highest BCUT2D eigenvalue weighted by molar-refractivity contribution is 5.75. The zero-order valence-electron chi connectivity index (χ0n) is 6.89. The molecule has 12 heavy (non-hydrogen) atoms. The van der Waals surface area contributed by atoms with Gasteiger partial charge in [-0.2, -0.15) is 8.78 Å². The molecule has 1 fully saturated rings. The molecular weight excluding hydrogens is 166 g/mol. The van der Waals surface area contributed by atoms with Crippen LogP contribution < -0.4 is 0 Å². The van der Waals surface area contributed by atoms with Crippen molar-refractivity contribution in [2.75, 3.05) is 0 Å². The Bertz CT molecular complexity index is 187. The number of alkyl halides is 2. The van der Waals surface area contributed by atoms with Gasteiger partial charge in [-0.3, -0.25) is 0 Å². The van der Waals surface area contributed by atoms with Crippen LogP contribution in [-0.2, 0) is 4.79 Å². The Balaban J connectivity index is 2.42. The number of aliphatic carboxylic acids is 1. The Morgan fingerprint density at radius 3 is 2.50 bits per heavy atom. The summed E-state index contributed by atoms with van der Waals surface area (Å²) in [7, 11) is 0. The van der Waals surface area contributed by atoms with Crippen LogP contribution in [0, 0.1) is 11.8 Å². The van der Waals surface area contributed by atoms with Crippen molar-refractivity contribution in [1.29, 1.82) is 0 Å². The Hall–Kier alpha value is -0.670. The largest absolute Gasteiger partial charge is 0.477 e. The zero-order chi connectivity index (χ0) is 9.35. The first kappa shape index (κ1) is 9.42. The second-order valence-corrected chi connectivity index (χ2v) is 3.53. The van der Waals surface area contributed by atoms with Gasteiger partial charge in [0.15, 0.2) is 0 Å². The number of hydrogen-bond donors (Lipinski definition) is 1. The van der Waals surface area contributed by atoms with E-state index in [2.05, 4.69) is 0 Å². The molecule has 1 atom stereocenters. The van der Waals surface area contributed by atoms with Crippen LogP contribution in [-0.4, -0.2) is 17.0 Å². The summed E-state index contributed by atoms with van der Waals surface area (Å²) in [5, 5.41) is 8.14. The van der Waals surface area contributed by atoms with Gasteiger partial charge in [0.1, 0.15) is 0 Å². The maximum absolute atomic E-state index is 12.6. The minimum atomic E-state index is -3.54. The van der Waals surface area contributed by atoms with Crippen LogP contribution in [0.1, 0.15) is 26.2 Å². The fourth-order valence-electron chi connectivity index (χ4n) is 1.32. The molecule has 0 radical (unpaired) electrons. The van der Waals surface area contributed by atoms with Crippen LogP contribution in [0.3, 0.4) is 0 Å². The van der Waals surface area contributed by atoms with Gasteiger partial charge in [-0.25, -0.2) is 4.79 Å². The summed E-state index contributed by atoms with van der Waals surface area (Å²) in [6.45, 7) is 1.69. The second-order valence-electron chi connectivity index (χ2n) is 3.53. The Kier molecular flexibility index (Phi) is 2.35. The predicted molar refractivity (Wildman–Crippen MR) is 39.1 cm³/mol. The first-order chi connectivity index (χ1) is 5.43. The summed E-state index contributed by atoms with van der Waals surface area (Å²) in [6, 6.07) is 0. The van der Waals surface area contributed by atoms with E-state index in [0.717, 1.165) is 12.8 Å². The average Bonchev–Trinajstić information content (AvgIpc) is 2.65. The topological polar surface area (TPSA) is 37.3 Å². The molecule has 0 bridgehead atoms. The minimum absolute atomic E-state index is 0.170. The van der Waals surface area contributed by atoms with Crippen LogP contribution in [0.2, 0.25) is 0 Å². The van der Waals surface area contributed by atoms with Crippen LogP contribution in [0.4, 0.5) is 8.78 Å². The van der Waals surface area contributed by atoms with E-state index < -0.39 is 18.3 Å². The summed E-state index contributed by atoms with van der Waals surface area (Å²) < 4.78 is 25.2. The van der Waals surface area contributed by atoms with Gasteiger partial charge in [0.2, 0.25) is 0 Å². The lowest BCUT2D eigenvalue weighted by Gasteiger charge is -2.15. The van der Waals surface area contributed by atoms with E-state index >= 15 is 0 Å². The van der Waals surface area contributed by atoms with Crippen molar-refractivity contribution in [3.63, 3.8) is 0 Å². The van der Waals surface area contributed by atoms with E-state index in [1.165, 1.54) is 0 Å². The maximum atomic E-state index is 12.6. The molecule has 0 aromatic carbocycles. The van der Waals surface area contributed by atoms with Gasteiger partial charge in [-0.1, -0.05) is 6.92 Å². The van der Waals surface area contributed by atoms with Crippen molar-refractivity contribution in [1.82, 2.24) is 0 Å². The van der Waals surface area contributed by atoms with E-state index in [4.69, 9.17) is 5.11 Å². The number of carbonyl (C=O) groups is 1. The number of rotatable bonds is 4. The standard InChI is InChI=1S/C8H12F2O2/c1-5(6-2-3-6)4-8(9,10)7(11)12/h5-6H,2-4H2,1H3,(H,11,12). The van der Waals surface area contributed by atoms with Crippen LogP contribution in [0.5, 0.6) is 0 Å². The van der Waals surface area contributed by atoms with Gasteiger partial charge < -0.3 is 5.11 Å². The molecule has 0 aliphatic heterocycles. The third-order valence-electron chi connectivity index (χ3n) is 2.32. The third-order valence-corrected chi connectivity index (χ3v) is 2.32. The van der Waals surface area contributed by atoms with Crippen molar-refractivity contribution >= 4 is 5.97 Å². The smallest absolute Gasteiger partial charge is 0.374 e. The second kappa shape index (κ2) is 2.99. The van der Waals surface area contributed by atoms with Crippen molar-refractivity contribution < 1.29 is 18.7 Å². The number of halogens is 2. The summed E-state index contributed by atoms with van der Waals surface area (Å²) in [4.78, 5) is 10.0. The van der Waals surface area contributed by atoms with Gasteiger partial charge >= 0.3 is 11.9 Å². The summed E-state index contributed by atoms with van der Waals surface area (Å²) in [5.41, 5.74) is 0. The summed E-state index contributed by atoms with van der Waals surface area (Å²) >= 11 is 0. The highest BCUT2D eigenvalue weighted by atomic mass is 19.3. The summed E-state index contributed by atoms with van der Waals surface area (Å²) in [6.07, 6.45) is 1.42. The van der Waals surface area contributed by atoms with Crippen LogP contribution in [0.25, 0.3) is 0 Å². The zero-order valence-corrected chi connectivity index (χ0v) is 6.89. The SMILES string of the molecule is CC(CC(F)(F)C(=O)O)C1CC1. The third kappa shape index (κ3) is 2.16. The number of carboxylic acids is 1. The maximum Gasteiger partial charge on any atom is 0.374 e. The highest BCUT2D eigenvalue weighted by Gasteiger charge is 2.43. The first-order valence-corrected chi connectivity index (χ1v) is 4.04. The molecule has 0 saturated heterocycles. The molecule has 1 saturated carbocycles. The minimum Gasteiger partial charge on any atom is -0.477 e. The van der Waals surface area contributed by atoms with Crippen molar-refractivity contribution in [3.05, 3.63) is 0 Å². The lowest BCUT2D eigenvalue weighted by molar-refractivity contribution is -0.167. The van der Waals surface area contributed by atoms with Gasteiger partial charge in [0.25, 0.3) is 0 Å². The molecule has 4 heteroatoms. The molecule has 0 heterocycles. The van der Waals surface area contributed by atoms with E-state index in [1.54, 1.807) is 6.92 Å². The van der Waals surface area contributed by atoms with E-state index in [-0.39, 0.29) is 5.92 Å². The first-order valence-electron chi connectivity index (χ1n) is 4.04. The molecule has 1 N–H and O–H groups in total. The monoisotopic (exact) mass is 178 g/mol. The van der Waals surface area contributed by atoms with Crippen molar-refractivity contribution in [3.8, 4) is 0 Å². The van der Waals surface area contributed by atoms with E-state index in [9.17, 15) is 13.6 Å². The Labute approximate surface area is 69.6 Å². The molecule has 2 nitrogen and oxygen atoms in total. The predicted octanol–water partition coefficient (Wildman–Crippen LogP) is 2.14. The molecule has 1 unspecified atom stereocenters. The molecule has 1 aliphatic carbocycles. The Morgan fingerprint density at radius 1 is 1.67 bits per heavy atom. The quantitative estimate of drug-likeness (QED) is 0.716. The lowest BCUT2D eigenvalue weighted by atomic mass is 9.98.